The number of benzene rings is 2. The Balaban J connectivity index is 1.70. The van der Waals surface area contributed by atoms with Gasteiger partial charge in [0.15, 0.2) is 0 Å². The molecule has 0 saturated heterocycles. The number of aromatic nitrogens is 2. The van der Waals surface area contributed by atoms with E-state index in [0.29, 0.717) is 23.1 Å². The molecule has 0 spiro atoms. The molecular formula is C20H21N3O2. The molecule has 1 aromatic heterocycles. The lowest BCUT2D eigenvalue weighted by molar-refractivity contribution is -0.130. The van der Waals surface area contributed by atoms with E-state index >= 15 is 0 Å². The zero-order valence-corrected chi connectivity index (χ0v) is 14.4. The Morgan fingerprint density at radius 1 is 1.12 bits per heavy atom. The van der Waals surface area contributed by atoms with Crippen molar-refractivity contribution in [3.8, 4) is 0 Å². The molecule has 2 aromatic carbocycles. The topological polar surface area (TPSA) is 66.1 Å². The van der Waals surface area contributed by atoms with Crippen LogP contribution in [-0.2, 0) is 11.3 Å². The van der Waals surface area contributed by atoms with Crippen LogP contribution in [0.2, 0.25) is 0 Å². The first-order valence-corrected chi connectivity index (χ1v) is 8.31. The summed E-state index contributed by atoms with van der Waals surface area (Å²) in [4.78, 5) is 33.4. The smallest absolute Gasteiger partial charge is 0.258 e. The highest BCUT2D eigenvalue weighted by Crippen LogP contribution is 2.19. The van der Waals surface area contributed by atoms with Crippen molar-refractivity contribution in [3.63, 3.8) is 0 Å². The van der Waals surface area contributed by atoms with Crippen LogP contribution in [0.3, 0.4) is 0 Å². The third-order valence-electron chi connectivity index (χ3n) is 4.32. The van der Waals surface area contributed by atoms with Crippen LogP contribution < -0.4 is 5.56 Å². The predicted molar refractivity (Wildman–Crippen MR) is 98.3 cm³/mol. The van der Waals surface area contributed by atoms with Crippen LogP contribution in [0.25, 0.3) is 10.9 Å². The summed E-state index contributed by atoms with van der Waals surface area (Å²) >= 11 is 0. The van der Waals surface area contributed by atoms with Crippen LogP contribution in [0.4, 0.5) is 0 Å². The van der Waals surface area contributed by atoms with Gasteiger partial charge in [0.05, 0.1) is 17.4 Å². The Kier molecular flexibility index (Phi) is 4.93. The Morgan fingerprint density at radius 3 is 2.56 bits per heavy atom. The quantitative estimate of drug-likeness (QED) is 0.779. The maximum atomic E-state index is 12.5. The molecule has 0 aliphatic heterocycles. The fourth-order valence-corrected chi connectivity index (χ4v) is 2.84. The van der Waals surface area contributed by atoms with Gasteiger partial charge in [-0.05, 0) is 23.6 Å². The van der Waals surface area contributed by atoms with Gasteiger partial charge in [-0.1, -0.05) is 49.4 Å². The van der Waals surface area contributed by atoms with Crippen LogP contribution in [0.15, 0.2) is 59.4 Å². The van der Waals surface area contributed by atoms with E-state index in [4.69, 9.17) is 0 Å². The molecule has 1 heterocycles. The van der Waals surface area contributed by atoms with E-state index in [2.05, 4.69) is 9.97 Å². The standard InChI is InChI=1S/C20H21N3O2/c1-14(15-8-4-3-5-9-15)12-19(24)23(2)13-18-21-17-11-7-6-10-16(17)20(25)22-18/h3-11,14H,12-13H2,1-2H3,(H,21,22,25)/t14-/m1/s1. The summed E-state index contributed by atoms with van der Waals surface area (Å²) < 4.78 is 0. The normalized spacial score (nSPS) is 12.1. The lowest BCUT2D eigenvalue weighted by Crippen LogP contribution is -2.29. The van der Waals surface area contributed by atoms with Gasteiger partial charge in [0, 0.05) is 13.5 Å². The number of nitrogens with one attached hydrogen (secondary N) is 1. The molecule has 0 fully saturated rings. The molecule has 3 rings (SSSR count). The zero-order chi connectivity index (χ0) is 17.8. The Morgan fingerprint density at radius 2 is 1.80 bits per heavy atom. The minimum Gasteiger partial charge on any atom is -0.338 e. The third kappa shape index (κ3) is 3.94. The van der Waals surface area contributed by atoms with E-state index in [1.807, 2.05) is 43.3 Å². The van der Waals surface area contributed by atoms with E-state index in [-0.39, 0.29) is 23.9 Å². The van der Waals surface area contributed by atoms with E-state index in [1.165, 1.54) is 0 Å². The molecule has 1 N–H and O–H groups in total. The number of amides is 1. The van der Waals surface area contributed by atoms with Gasteiger partial charge >= 0.3 is 0 Å². The van der Waals surface area contributed by atoms with E-state index in [1.54, 1.807) is 30.1 Å². The molecule has 0 unspecified atom stereocenters. The lowest BCUT2D eigenvalue weighted by atomic mass is 9.97. The van der Waals surface area contributed by atoms with Crippen LogP contribution in [0.5, 0.6) is 0 Å². The van der Waals surface area contributed by atoms with E-state index in [0.717, 1.165) is 5.56 Å². The molecule has 1 amide bonds. The summed E-state index contributed by atoms with van der Waals surface area (Å²) in [6, 6.07) is 17.2. The average molecular weight is 335 g/mol. The number of carbonyl (C=O) groups is 1. The molecule has 0 saturated carbocycles. The Hall–Kier alpha value is -2.95. The maximum absolute atomic E-state index is 12.5. The summed E-state index contributed by atoms with van der Waals surface area (Å²) in [5, 5.41) is 0.554. The number of aromatic amines is 1. The number of rotatable bonds is 5. The summed E-state index contributed by atoms with van der Waals surface area (Å²) in [7, 11) is 1.73. The van der Waals surface area contributed by atoms with Gasteiger partial charge in [-0.2, -0.15) is 0 Å². The minimum atomic E-state index is -0.181. The van der Waals surface area contributed by atoms with Crippen LogP contribution in [0, 0.1) is 0 Å². The Labute approximate surface area is 146 Å². The van der Waals surface area contributed by atoms with Crippen molar-refractivity contribution >= 4 is 16.8 Å². The van der Waals surface area contributed by atoms with Gasteiger partial charge in [0.25, 0.3) is 5.56 Å². The summed E-state index contributed by atoms with van der Waals surface area (Å²) in [5.74, 6) is 0.652. The number of H-pyrrole nitrogens is 1. The number of hydrogen-bond acceptors (Lipinski definition) is 3. The van der Waals surface area contributed by atoms with Crippen molar-refractivity contribution in [2.75, 3.05) is 7.05 Å². The largest absolute Gasteiger partial charge is 0.338 e. The first-order valence-electron chi connectivity index (χ1n) is 8.31. The average Bonchev–Trinajstić information content (AvgIpc) is 2.62. The molecule has 1 atom stereocenters. The van der Waals surface area contributed by atoms with Gasteiger partial charge in [0.1, 0.15) is 5.82 Å². The second-order valence-corrected chi connectivity index (χ2v) is 6.30. The number of nitrogens with zero attached hydrogens (tertiary/aromatic N) is 2. The fourth-order valence-electron chi connectivity index (χ4n) is 2.84. The zero-order valence-electron chi connectivity index (χ0n) is 14.4. The summed E-state index contributed by atoms with van der Waals surface area (Å²) in [5.41, 5.74) is 1.60. The summed E-state index contributed by atoms with van der Waals surface area (Å²) in [6.45, 7) is 2.32. The fraction of sp³-hybridized carbons (Fsp3) is 0.250. The van der Waals surface area contributed by atoms with Gasteiger partial charge in [0.2, 0.25) is 5.91 Å². The molecule has 0 radical (unpaired) electrons. The van der Waals surface area contributed by atoms with Crippen molar-refractivity contribution in [2.24, 2.45) is 0 Å². The van der Waals surface area contributed by atoms with Crippen LogP contribution in [-0.4, -0.2) is 27.8 Å². The van der Waals surface area contributed by atoms with Gasteiger partial charge in [-0.15, -0.1) is 0 Å². The number of para-hydroxylation sites is 1. The third-order valence-corrected chi connectivity index (χ3v) is 4.32. The summed E-state index contributed by atoms with van der Waals surface area (Å²) in [6.07, 6.45) is 0.415. The van der Waals surface area contributed by atoms with E-state index in [9.17, 15) is 9.59 Å². The lowest BCUT2D eigenvalue weighted by Gasteiger charge is -2.19. The van der Waals surface area contributed by atoms with Crippen molar-refractivity contribution in [1.29, 1.82) is 0 Å². The highest BCUT2D eigenvalue weighted by atomic mass is 16.2. The molecule has 5 heteroatoms. The maximum Gasteiger partial charge on any atom is 0.258 e. The minimum absolute atomic E-state index is 0.0205. The second-order valence-electron chi connectivity index (χ2n) is 6.30. The molecule has 0 aliphatic carbocycles. The SMILES string of the molecule is C[C@H](CC(=O)N(C)Cc1nc2ccccc2c(=O)[nH]1)c1ccccc1. The van der Waals surface area contributed by atoms with Crippen molar-refractivity contribution in [2.45, 2.75) is 25.8 Å². The highest BCUT2D eigenvalue weighted by molar-refractivity contribution is 5.78. The molecular weight excluding hydrogens is 314 g/mol. The van der Waals surface area contributed by atoms with Gasteiger partial charge < -0.3 is 9.88 Å². The van der Waals surface area contributed by atoms with Crippen molar-refractivity contribution in [1.82, 2.24) is 14.9 Å². The molecule has 0 aliphatic rings. The van der Waals surface area contributed by atoms with Crippen molar-refractivity contribution < 1.29 is 4.79 Å². The Bertz CT molecular complexity index is 934. The first-order chi connectivity index (χ1) is 12.0. The van der Waals surface area contributed by atoms with Crippen molar-refractivity contribution in [3.05, 3.63) is 76.3 Å². The van der Waals surface area contributed by atoms with E-state index < -0.39 is 0 Å². The molecule has 3 aromatic rings. The first kappa shape index (κ1) is 16.9. The molecule has 0 bridgehead atoms. The molecule has 128 valence electrons. The number of fused-ring (bicyclic) bond motifs is 1. The number of carbonyl (C=O) groups excluding carboxylic acids is 1. The van der Waals surface area contributed by atoms with Gasteiger partial charge in [-0.3, -0.25) is 9.59 Å². The monoisotopic (exact) mass is 335 g/mol. The molecule has 25 heavy (non-hydrogen) atoms. The predicted octanol–water partition coefficient (Wildman–Crippen LogP) is 3.08. The molecule has 5 nitrogen and oxygen atoms in total. The highest BCUT2D eigenvalue weighted by Gasteiger charge is 2.16. The second kappa shape index (κ2) is 7.30. The van der Waals surface area contributed by atoms with Gasteiger partial charge in [-0.25, -0.2) is 4.98 Å². The van der Waals surface area contributed by atoms with Crippen LogP contribution >= 0.6 is 0 Å². The number of hydrogen-bond donors (Lipinski definition) is 1. The van der Waals surface area contributed by atoms with Crippen LogP contribution in [0.1, 0.15) is 30.7 Å².